The molecule has 1 aromatic carbocycles. The SMILES string of the molecule is CCCC(=O)NCCN(C(C)=O)c1ccccc1C(C)C. The predicted molar refractivity (Wildman–Crippen MR) is 86.5 cm³/mol. The van der Waals surface area contributed by atoms with E-state index in [1.165, 1.54) is 0 Å². The van der Waals surface area contributed by atoms with Gasteiger partial charge in [-0.15, -0.1) is 0 Å². The van der Waals surface area contributed by atoms with Gasteiger partial charge in [-0.1, -0.05) is 39.0 Å². The van der Waals surface area contributed by atoms with Gasteiger partial charge in [0.2, 0.25) is 11.8 Å². The number of nitrogens with zero attached hydrogens (tertiary/aromatic N) is 1. The minimum absolute atomic E-state index is 0.00663. The van der Waals surface area contributed by atoms with E-state index in [0.717, 1.165) is 17.7 Å². The van der Waals surface area contributed by atoms with Crippen LogP contribution in [0.4, 0.5) is 5.69 Å². The predicted octanol–water partition coefficient (Wildman–Crippen LogP) is 3.08. The zero-order valence-corrected chi connectivity index (χ0v) is 13.5. The van der Waals surface area contributed by atoms with Crippen molar-refractivity contribution in [3.8, 4) is 0 Å². The number of hydrogen-bond donors (Lipinski definition) is 1. The summed E-state index contributed by atoms with van der Waals surface area (Å²) in [5.74, 6) is 0.378. The summed E-state index contributed by atoms with van der Waals surface area (Å²) < 4.78 is 0. The molecule has 4 heteroatoms. The van der Waals surface area contributed by atoms with Crippen LogP contribution in [0.1, 0.15) is 52.0 Å². The second-order valence-corrected chi connectivity index (χ2v) is 5.48. The van der Waals surface area contributed by atoms with E-state index in [2.05, 4.69) is 19.2 Å². The van der Waals surface area contributed by atoms with Crippen LogP contribution in [0.5, 0.6) is 0 Å². The maximum absolute atomic E-state index is 11.9. The average molecular weight is 290 g/mol. The number of anilines is 1. The van der Waals surface area contributed by atoms with Crippen LogP contribution in [0, 0.1) is 0 Å². The van der Waals surface area contributed by atoms with Crippen molar-refractivity contribution in [1.29, 1.82) is 0 Å². The molecule has 116 valence electrons. The number of amides is 2. The topological polar surface area (TPSA) is 49.4 Å². The maximum atomic E-state index is 11.9. The monoisotopic (exact) mass is 290 g/mol. The van der Waals surface area contributed by atoms with Crippen LogP contribution in [0.25, 0.3) is 0 Å². The number of nitrogens with one attached hydrogen (secondary N) is 1. The van der Waals surface area contributed by atoms with Crippen LogP contribution in [-0.4, -0.2) is 24.9 Å². The van der Waals surface area contributed by atoms with Crippen LogP contribution in [0.15, 0.2) is 24.3 Å². The van der Waals surface area contributed by atoms with Crippen molar-refractivity contribution in [2.24, 2.45) is 0 Å². The van der Waals surface area contributed by atoms with E-state index >= 15 is 0 Å². The summed E-state index contributed by atoms with van der Waals surface area (Å²) in [6, 6.07) is 7.93. The van der Waals surface area contributed by atoms with Gasteiger partial charge in [0, 0.05) is 32.1 Å². The van der Waals surface area contributed by atoms with Gasteiger partial charge in [0.1, 0.15) is 0 Å². The van der Waals surface area contributed by atoms with E-state index in [9.17, 15) is 9.59 Å². The van der Waals surface area contributed by atoms with Gasteiger partial charge in [-0.2, -0.15) is 0 Å². The van der Waals surface area contributed by atoms with Gasteiger partial charge < -0.3 is 10.2 Å². The van der Waals surface area contributed by atoms with Crippen molar-refractivity contribution < 1.29 is 9.59 Å². The van der Waals surface area contributed by atoms with Crippen molar-refractivity contribution in [3.05, 3.63) is 29.8 Å². The van der Waals surface area contributed by atoms with E-state index < -0.39 is 0 Å². The Morgan fingerprint density at radius 3 is 2.48 bits per heavy atom. The molecule has 0 aliphatic heterocycles. The van der Waals surface area contributed by atoms with Crippen LogP contribution >= 0.6 is 0 Å². The van der Waals surface area contributed by atoms with Crippen molar-refractivity contribution in [2.75, 3.05) is 18.0 Å². The summed E-state index contributed by atoms with van der Waals surface area (Å²) in [5.41, 5.74) is 2.08. The molecule has 0 aromatic heterocycles. The number of benzene rings is 1. The molecule has 2 amide bonds. The summed E-state index contributed by atoms with van der Waals surface area (Å²) >= 11 is 0. The lowest BCUT2D eigenvalue weighted by Crippen LogP contribution is -2.38. The smallest absolute Gasteiger partial charge is 0.223 e. The highest BCUT2D eigenvalue weighted by atomic mass is 16.2. The quantitative estimate of drug-likeness (QED) is 0.839. The molecule has 0 heterocycles. The van der Waals surface area contributed by atoms with Crippen LogP contribution in [0.2, 0.25) is 0 Å². The molecule has 0 spiro atoms. The molecular weight excluding hydrogens is 264 g/mol. The molecular formula is C17H26N2O2. The van der Waals surface area contributed by atoms with Gasteiger partial charge in [-0.05, 0) is 24.0 Å². The second kappa shape index (κ2) is 8.45. The molecule has 0 radical (unpaired) electrons. The third kappa shape index (κ3) is 5.21. The fraction of sp³-hybridized carbons (Fsp3) is 0.529. The van der Waals surface area contributed by atoms with E-state index in [4.69, 9.17) is 0 Å². The van der Waals surface area contributed by atoms with Crippen LogP contribution < -0.4 is 10.2 Å². The van der Waals surface area contributed by atoms with Crippen LogP contribution in [-0.2, 0) is 9.59 Å². The normalized spacial score (nSPS) is 10.5. The standard InChI is InChI=1S/C17H26N2O2/c1-5-8-17(21)18-11-12-19(14(4)20)16-10-7-6-9-15(16)13(2)3/h6-7,9-10,13H,5,8,11-12H2,1-4H3,(H,18,21). The highest BCUT2D eigenvalue weighted by molar-refractivity contribution is 5.92. The zero-order valence-electron chi connectivity index (χ0n) is 13.5. The summed E-state index contributed by atoms with van der Waals surface area (Å²) in [4.78, 5) is 25.2. The molecule has 0 atom stereocenters. The maximum Gasteiger partial charge on any atom is 0.223 e. The molecule has 1 N–H and O–H groups in total. The molecule has 4 nitrogen and oxygen atoms in total. The number of carbonyl (C=O) groups excluding carboxylic acids is 2. The first-order valence-electron chi connectivity index (χ1n) is 7.61. The molecule has 0 saturated carbocycles. The molecule has 0 unspecified atom stereocenters. The van der Waals surface area contributed by atoms with E-state index in [1.54, 1.807) is 11.8 Å². The number of hydrogen-bond acceptors (Lipinski definition) is 2. The molecule has 0 saturated heterocycles. The van der Waals surface area contributed by atoms with E-state index in [0.29, 0.717) is 25.4 Å². The summed E-state index contributed by atoms with van der Waals surface area (Å²) in [5, 5.41) is 2.85. The lowest BCUT2D eigenvalue weighted by Gasteiger charge is -2.25. The van der Waals surface area contributed by atoms with Gasteiger partial charge in [0.05, 0.1) is 0 Å². The molecule has 1 aromatic rings. The Morgan fingerprint density at radius 1 is 1.24 bits per heavy atom. The Labute approximate surface area is 127 Å². The lowest BCUT2D eigenvalue weighted by atomic mass is 10.0. The van der Waals surface area contributed by atoms with E-state index in [-0.39, 0.29) is 11.8 Å². The van der Waals surface area contributed by atoms with Gasteiger partial charge in [0.25, 0.3) is 0 Å². The lowest BCUT2D eigenvalue weighted by molar-refractivity contribution is -0.121. The fourth-order valence-corrected chi connectivity index (χ4v) is 2.29. The van der Waals surface area contributed by atoms with Gasteiger partial charge in [0.15, 0.2) is 0 Å². The summed E-state index contributed by atoms with van der Waals surface area (Å²) in [6.45, 7) is 8.73. The third-order valence-electron chi connectivity index (χ3n) is 3.36. The van der Waals surface area contributed by atoms with Crippen LogP contribution in [0.3, 0.4) is 0 Å². The van der Waals surface area contributed by atoms with Gasteiger partial charge in [-0.3, -0.25) is 9.59 Å². The highest BCUT2D eigenvalue weighted by Crippen LogP contribution is 2.27. The summed E-state index contributed by atoms with van der Waals surface area (Å²) in [6.07, 6.45) is 1.36. The zero-order chi connectivity index (χ0) is 15.8. The van der Waals surface area contributed by atoms with Crippen molar-refractivity contribution in [3.63, 3.8) is 0 Å². The second-order valence-electron chi connectivity index (χ2n) is 5.48. The molecule has 1 rings (SSSR count). The molecule has 21 heavy (non-hydrogen) atoms. The molecule has 0 fully saturated rings. The fourth-order valence-electron chi connectivity index (χ4n) is 2.29. The van der Waals surface area contributed by atoms with Crippen molar-refractivity contribution in [2.45, 2.75) is 46.5 Å². The van der Waals surface area contributed by atoms with E-state index in [1.807, 2.05) is 31.2 Å². The third-order valence-corrected chi connectivity index (χ3v) is 3.36. The Morgan fingerprint density at radius 2 is 1.90 bits per heavy atom. The first-order chi connectivity index (χ1) is 9.97. The Bertz CT molecular complexity index is 483. The van der Waals surface area contributed by atoms with Gasteiger partial charge in [-0.25, -0.2) is 0 Å². The minimum Gasteiger partial charge on any atom is -0.354 e. The Balaban J connectivity index is 2.79. The first-order valence-corrected chi connectivity index (χ1v) is 7.61. The Kier molecular flexibility index (Phi) is 6.92. The number of carbonyl (C=O) groups is 2. The molecule has 0 aliphatic rings. The van der Waals surface area contributed by atoms with Gasteiger partial charge >= 0.3 is 0 Å². The first kappa shape index (κ1) is 17.2. The van der Waals surface area contributed by atoms with Crippen molar-refractivity contribution >= 4 is 17.5 Å². The number of para-hydroxylation sites is 1. The highest BCUT2D eigenvalue weighted by Gasteiger charge is 2.16. The Hall–Kier alpha value is -1.84. The largest absolute Gasteiger partial charge is 0.354 e. The number of rotatable bonds is 7. The average Bonchev–Trinajstić information content (AvgIpc) is 2.43. The minimum atomic E-state index is -0.00663. The molecule has 0 aliphatic carbocycles. The summed E-state index contributed by atoms with van der Waals surface area (Å²) in [7, 11) is 0. The molecule has 0 bridgehead atoms. The van der Waals surface area contributed by atoms with Crippen molar-refractivity contribution in [1.82, 2.24) is 5.32 Å².